The molecular weight excluding hydrogens is 436 g/mol. The third-order valence-electron chi connectivity index (χ3n) is 7.33. The Morgan fingerprint density at radius 2 is 1.83 bits per heavy atom. The summed E-state index contributed by atoms with van der Waals surface area (Å²) in [6.07, 6.45) is 4.70. The van der Waals surface area contributed by atoms with Crippen molar-refractivity contribution in [1.82, 2.24) is 5.32 Å². The first-order valence-corrected chi connectivity index (χ1v) is 12.1. The number of fused-ring (bicyclic) bond motifs is 3. The first-order chi connectivity index (χ1) is 16.8. The molecule has 0 unspecified atom stereocenters. The van der Waals surface area contributed by atoms with Gasteiger partial charge in [-0.3, -0.25) is 4.79 Å². The summed E-state index contributed by atoms with van der Waals surface area (Å²) in [7, 11) is 1.65. The van der Waals surface area contributed by atoms with Crippen molar-refractivity contribution < 1.29 is 14.3 Å². The summed E-state index contributed by atoms with van der Waals surface area (Å²) in [5.41, 5.74) is 4.78. The molecule has 0 aromatic heterocycles. The molecule has 0 radical (unpaired) electrons. The lowest BCUT2D eigenvalue weighted by Crippen LogP contribution is -2.68. The minimum absolute atomic E-state index is 0.0748. The van der Waals surface area contributed by atoms with Gasteiger partial charge in [0.25, 0.3) is 0 Å². The van der Waals surface area contributed by atoms with Crippen LogP contribution in [0.4, 0.5) is 5.69 Å². The summed E-state index contributed by atoms with van der Waals surface area (Å²) in [6, 6.07) is 22.6. The maximum Gasteiger partial charge on any atom is 0.223 e. The summed E-state index contributed by atoms with van der Waals surface area (Å²) in [5.74, 6) is 1.45. The number of hydrogen-bond donors (Lipinski definition) is 1. The van der Waals surface area contributed by atoms with Crippen LogP contribution < -0.4 is 19.7 Å². The molecule has 5 heteroatoms. The van der Waals surface area contributed by atoms with E-state index in [0.29, 0.717) is 31.1 Å². The van der Waals surface area contributed by atoms with E-state index in [-0.39, 0.29) is 11.3 Å². The fourth-order valence-electron chi connectivity index (χ4n) is 5.33. The molecule has 3 aromatic carbocycles. The molecular formula is C30H32N2O3. The van der Waals surface area contributed by atoms with E-state index in [0.717, 1.165) is 11.1 Å². The monoisotopic (exact) mass is 468 g/mol. The number of carbonyl (C=O) groups excluding carboxylic acids is 1. The zero-order valence-corrected chi connectivity index (χ0v) is 20.8. The zero-order chi connectivity index (χ0) is 24.6. The highest BCUT2D eigenvalue weighted by molar-refractivity contribution is 5.84. The van der Waals surface area contributed by atoms with Crippen LogP contribution in [0.15, 0.2) is 72.8 Å². The molecule has 2 aliphatic rings. The molecule has 0 aliphatic carbocycles. The number of nitrogens with zero attached hydrogens (tertiary/aromatic N) is 1. The summed E-state index contributed by atoms with van der Waals surface area (Å²) in [4.78, 5) is 15.0. The van der Waals surface area contributed by atoms with Crippen LogP contribution in [0.1, 0.15) is 42.5 Å². The van der Waals surface area contributed by atoms with E-state index in [1.165, 1.54) is 16.8 Å². The van der Waals surface area contributed by atoms with Crippen molar-refractivity contribution in [2.24, 2.45) is 0 Å². The second kappa shape index (κ2) is 8.81. The molecule has 1 amide bonds. The van der Waals surface area contributed by atoms with E-state index < -0.39 is 5.66 Å². The molecule has 35 heavy (non-hydrogen) atoms. The normalized spacial score (nSPS) is 20.3. The Hall–Kier alpha value is -3.73. The number of rotatable bonds is 6. The van der Waals surface area contributed by atoms with Crippen molar-refractivity contribution in [3.8, 4) is 11.5 Å². The SMILES string of the molecule is COc1cc(/C=C/[C@]23NC(=O)CCN2c2ccc(C)cc2C3(C)C)ccc1OCc1ccccc1. The van der Waals surface area contributed by atoms with Crippen molar-refractivity contribution in [1.29, 1.82) is 0 Å². The lowest BCUT2D eigenvalue weighted by molar-refractivity contribution is -0.124. The summed E-state index contributed by atoms with van der Waals surface area (Å²) in [6.45, 7) is 7.70. The Morgan fingerprint density at radius 1 is 1.03 bits per heavy atom. The third-order valence-corrected chi connectivity index (χ3v) is 7.33. The van der Waals surface area contributed by atoms with Crippen LogP contribution in [0.5, 0.6) is 11.5 Å². The summed E-state index contributed by atoms with van der Waals surface area (Å²) in [5, 5.41) is 3.34. The first-order valence-electron chi connectivity index (χ1n) is 12.1. The maximum atomic E-state index is 12.7. The number of carbonyl (C=O) groups is 1. The van der Waals surface area contributed by atoms with Gasteiger partial charge in [0, 0.05) is 24.1 Å². The van der Waals surface area contributed by atoms with E-state index in [9.17, 15) is 4.79 Å². The van der Waals surface area contributed by atoms with Crippen molar-refractivity contribution >= 4 is 17.7 Å². The fraction of sp³-hybridized carbons (Fsp3) is 0.300. The molecule has 1 saturated heterocycles. The van der Waals surface area contributed by atoms with Gasteiger partial charge in [-0.05, 0) is 47.9 Å². The fourth-order valence-corrected chi connectivity index (χ4v) is 5.33. The van der Waals surface area contributed by atoms with Gasteiger partial charge in [-0.2, -0.15) is 0 Å². The Morgan fingerprint density at radius 3 is 2.60 bits per heavy atom. The molecule has 0 saturated carbocycles. The minimum atomic E-state index is -0.645. The van der Waals surface area contributed by atoms with Gasteiger partial charge in [0.1, 0.15) is 12.3 Å². The summed E-state index contributed by atoms with van der Waals surface area (Å²) < 4.78 is 11.7. The van der Waals surface area contributed by atoms with Gasteiger partial charge in [0.2, 0.25) is 5.91 Å². The van der Waals surface area contributed by atoms with Gasteiger partial charge in [-0.15, -0.1) is 0 Å². The number of nitrogens with one attached hydrogen (secondary N) is 1. The number of benzene rings is 3. The minimum Gasteiger partial charge on any atom is -0.493 e. The molecule has 5 rings (SSSR count). The predicted molar refractivity (Wildman–Crippen MR) is 140 cm³/mol. The van der Waals surface area contributed by atoms with E-state index in [1.807, 2.05) is 48.5 Å². The van der Waals surface area contributed by atoms with Crippen LogP contribution in [-0.2, 0) is 16.8 Å². The van der Waals surface area contributed by atoms with Crippen molar-refractivity contribution in [3.63, 3.8) is 0 Å². The van der Waals surface area contributed by atoms with Crippen LogP contribution in [-0.4, -0.2) is 25.2 Å². The quantitative estimate of drug-likeness (QED) is 0.511. The Labute approximate surface area is 207 Å². The van der Waals surface area contributed by atoms with Gasteiger partial charge in [0.05, 0.1) is 7.11 Å². The molecule has 5 nitrogen and oxygen atoms in total. The standard InChI is InChI=1S/C30H32N2O3/c1-21-10-12-25-24(18-21)29(2,3)30(31-28(33)15-17-32(25)30)16-14-22-11-13-26(27(19-22)34-4)35-20-23-8-6-5-7-9-23/h5-14,16,18-19H,15,17,20H2,1-4H3,(H,31,33)/b16-14+/t30-/m0/s1. The lowest BCUT2D eigenvalue weighted by Gasteiger charge is -2.49. The molecule has 1 N–H and O–H groups in total. The van der Waals surface area contributed by atoms with Gasteiger partial charge < -0.3 is 19.7 Å². The average Bonchev–Trinajstić information content (AvgIpc) is 3.05. The highest BCUT2D eigenvalue weighted by Gasteiger charge is 2.57. The molecule has 2 aliphatic heterocycles. The maximum absolute atomic E-state index is 12.7. The number of methoxy groups -OCH3 is 1. The van der Waals surface area contributed by atoms with Gasteiger partial charge in [-0.1, -0.05) is 74.0 Å². The second-order valence-corrected chi connectivity index (χ2v) is 9.88. The number of amides is 1. The second-order valence-electron chi connectivity index (χ2n) is 9.88. The van der Waals surface area contributed by atoms with Crippen LogP contribution in [0.3, 0.4) is 0 Å². The highest BCUT2D eigenvalue weighted by Crippen LogP contribution is 2.52. The average molecular weight is 469 g/mol. The van der Waals surface area contributed by atoms with Crippen LogP contribution in [0.2, 0.25) is 0 Å². The number of anilines is 1. The molecule has 0 bridgehead atoms. The van der Waals surface area contributed by atoms with Crippen LogP contribution in [0.25, 0.3) is 6.08 Å². The number of ether oxygens (including phenoxy) is 2. The van der Waals surface area contributed by atoms with Crippen molar-refractivity contribution in [2.75, 3.05) is 18.6 Å². The van der Waals surface area contributed by atoms with Crippen molar-refractivity contribution in [2.45, 2.75) is 44.9 Å². The molecule has 1 atom stereocenters. The Kier molecular flexibility index (Phi) is 5.79. The van der Waals surface area contributed by atoms with E-state index in [1.54, 1.807) is 7.11 Å². The largest absolute Gasteiger partial charge is 0.493 e. The molecule has 2 heterocycles. The van der Waals surface area contributed by atoms with Gasteiger partial charge >= 0.3 is 0 Å². The summed E-state index contributed by atoms with van der Waals surface area (Å²) >= 11 is 0. The van der Waals surface area contributed by atoms with Crippen molar-refractivity contribution in [3.05, 3.63) is 95.1 Å². The number of aryl methyl sites for hydroxylation is 1. The van der Waals surface area contributed by atoms with E-state index in [4.69, 9.17) is 9.47 Å². The van der Waals surface area contributed by atoms with E-state index in [2.05, 4.69) is 61.3 Å². The van der Waals surface area contributed by atoms with Crippen LogP contribution >= 0.6 is 0 Å². The molecule has 0 spiro atoms. The van der Waals surface area contributed by atoms with Gasteiger partial charge in [0.15, 0.2) is 11.5 Å². The van der Waals surface area contributed by atoms with Gasteiger partial charge in [-0.25, -0.2) is 0 Å². The highest BCUT2D eigenvalue weighted by atomic mass is 16.5. The molecule has 180 valence electrons. The number of hydrogen-bond acceptors (Lipinski definition) is 4. The van der Waals surface area contributed by atoms with E-state index >= 15 is 0 Å². The third kappa shape index (κ3) is 3.95. The molecule has 3 aromatic rings. The lowest BCUT2D eigenvalue weighted by atomic mass is 9.74. The first kappa shape index (κ1) is 23.0. The zero-order valence-electron chi connectivity index (χ0n) is 20.8. The Bertz CT molecular complexity index is 1280. The smallest absolute Gasteiger partial charge is 0.223 e. The Balaban J connectivity index is 1.46. The topological polar surface area (TPSA) is 50.8 Å². The van der Waals surface area contributed by atoms with Crippen LogP contribution in [0, 0.1) is 6.92 Å². The predicted octanol–water partition coefficient (Wildman–Crippen LogP) is 5.61. The molecule has 1 fully saturated rings.